The Morgan fingerprint density at radius 3 is 2.62 bits per heavy atom. The summed E-state index contributed by atoms with van der Waals surface area (Å²) in [6.07, 6.45) is -3.16. The second kappa shape index (κ2) is 8.10. The molecule has 0 saturated heterocycles. The maximum Gasteiger partial charge on any atom is 0.416 e. The van der Waals surface area contributed by atoms with Gasteiger partial charge in [0.1, 0.15) is 5.82 Å². The molecule has 0 aliphatic carbocycles. The highest BCUT2D eigenvalue weighted by atomic mass is 19.4. The average molecular weight is 446 g/mol. The SMILES string of the molecule is CC1=C(CC(=O)Nc2cc3cn[nH]c3cc2F)C(c2ccc(C(F)(F)F)cc2)CC(=O)N1. The first-order valence-corrected chi connectivity index (χ1v) is 9.71. The van der Waals surface area contributed by atoms with Crippen LogP contribution in [0.25, 0.3) is 10.9 Å². The van der Waals surface area contributed by atoms with E-state index >= 15 is 0 Å². The molecule has 2 aromatic carbocycles. The molecule has 1 aliphatic heterocycles. The monoisotopic (exact) mass is 446 g/mol. The molecule has 2 heterocycles. The summed E-state index contributed by atoms with van der Waals surface area (Å²) in [5, 5.41) is 12.2. The first kappa shape index (κ1) is 21.5. The van der Waals surface area contributed by atoms with Gasteiger partial charge in [-0.05, 0) is 36.3 Å². The number of hydrogen-bond acceptors (Lipinski definition) is 3. The highest BCUT2D eigenvalue weighted by molar-refractivity contribution is 5.95. The van der Waals surface area contributed by atoms with Crippen molar-refractivity contribution in [3.8, 4) is 0 Å². The molecule has 1 aromatic heterocycles. The molecule has 0 spiro atoms. The summed E-state index contributed by atoms with van der Waals surface area (Å²) >= 11 is 0. The molecule has 1 atom stereocenters. The standard InChI is InChI=1S/C22H18F4N4O2/c1-11-15(7-21(32)29-19-6-13-10-27-30-18(13)9-17(19)23)16(8-20(31)28-11)12-2-4-14(5-3-12)22(24,25)26/h2-6,9-10,16H,7-8H2,1H3,(H,27,30)(H,28,31)(H,29,32). The Kier molecular flexibility index (Phi) is 5.45. The summed E-state index contributed by atoms with van der Waals surface area (Å²) < 4.78 is 53.0. The van der Waals surface area contributed by atoms with Crippen LogP contribution >= 0.6 is 0 Å². The minimum Gasteiger partial charge on any atom is -0.330 e. The largest absolute Gasteiger partial charge is 0.416 e. The van der Waals surface area contributed by atoms with Gasteiger partial charge in [0.2, 0.25) is 11.8 Å². The third-order valence-corrected chi connectivity index (χ3v) is 5.41. The van der Waals surface area contributed by atoms with Gasteiger partial charge in [0, 0.05) is 29.5 Å². The van der Waals surface area contributed by atoms with Crippen LogP contribution in [0.3, 0.4) is 0 Å². The first-order valence-electron chi connectivity index (χ1n) is 9.71. The highest BCUT2D eigenvalue weighted by Gasteiger charge is 2.32. The second-order valence-electron chi connectivity index (χ2n) is 7.59. The Balaban J connectivity index is 1.58. The lowest BCUT2D eigenvalue weighted by atomic mass is 9.82. The van der Waals surface area contributed by atoms with Crippen molar-refractivity contribution < 1.29 is 27.2 Å². The predicted octanol–water partition coefficient (Wildman–Crippen LogP) is 4.63. The Bertz CT molecular complexity index is 1230. The summed E-state index contributed by atoms with van der Waals surface area (Å²) in [5.74, 6) is -2.03. The molecule has 3 aromatic rings. The van der Waals surface area contributed by atoms with Crippen molar-refractivity contribution >= 4 is 28.4 Å². The molecule has 3 N–H and O–H groups in total. The van der Waals surface area contributed by atoms with Crippen LogP contribution in [0.1, 0.15) is 36.8 Å². The molecule has 1 aliphatic rings. The normalized spacial score (nSPS) is 16.9. The highest BCUT2D eigenvalue weighted by Crippen LogP contribution is 2.37. The van der Waals surface area contributed by atoms with Crippen LogP contribution in [0.15, 0.2) is 53.9 Å². The maximum absolute atomic E-state index is 14.3. The summed E-state index contributed by atoms with van der Waals surface area (Å²) in [5.41, 5.74) is 1.15. The summed E-state index contributed by atoms with van der Waals surface area (Å²) in [7, 11) is 0. The van der Waals surface area contributed by atoms with E-state index in [4.69, 9.17) is 0 Å². The fourth-order valence-corrected chi connectivity index (χ4v) is 3.82. The van der Waals surface area contributed by atoms with Gasteiger partial charge in [0.05, 0.1) is 29.4 Å². The summed E-state index contributed by atoms with van der Waals surface area (Å²) in [4.78, 5) is 24.8. The van der Waals surface area contributed by atoms with E-state index in [2.05, 4.69) is 20.8 Å². The van der Waals surface area contributed by atoms with Crippen LogP contribution in [0.2, 0.25) is 0 Å². The number of aromatic nitrogens is 2. The van der Waals surface area contributed by atoms with Gasteiger partial charge >= 0.3 is 6.18 Å². The van der Waals surface area contributed by atoms with E-state index in [1.165, 1.54) is 30.5 Å². The maximum atomic E-state index is 14.3. The van der Waals surface area contributed by atoms with Gasteiger partial charge in [-0.25, -0.2) is 4.39 Å². The number of halogens is 4. The molecule has 0 radical (unpaired) electrons. The second-order valence-corrected chi connectivity index (χ2v) is 7.59. The van der Waals surface area contributed by atoms with Gasteiger partial charge < -0.3 is 10.6 Å². The molecular weight excluding hydrogens is 428 g/mol. The number of anilines is 1. The van der Waals surface area contributed by atoms with E-state index in [1.54, 1.807) is 6.92 Å². The van der Waals surface area contributed by atoms with Crippen LogP contribution in [0, 0.1) is 5.82 Å². The van der Waals surface area contributed by atoms with E-state index in [0.29, 0.717) is 27.7 Å². The quantitative estimate of drug-likeness (QED) is 0.511. The minimum atomic E-state index is -4.48. The number of rotatable bonds is 4. The van der Waals surface area contributed by atoms with Crippen molar-refractivity contribution in [1.82, 2.24) is 15.5 Å². The van der Waals surface area contributed by atoms with Crippen LogP contribution in [-0.4, -0.2) is 22.0 Å². The Labute approximate surface area is 179 Å². The number of nitrogens with one attached hydrogen (secondary N) is 3. The van der Waals surface area contributed by atoms with Crippen molar-refractivity contribution in [3.63, 3.8) is 0 Å². The Hall–Kier alpha value is -3.69. The van der Waals surface area contributed by atoms with E-state index in [-0.39, 0.29) is 24.4 Å². The van der Waals surface area contributed by atoms with Crippen LogP contribution in [0.4, 0.5) is 23.2 Å². The fourth-order valence-electron chi connectivity index (χ4n) is 3.82. The molecule has 166 valence electrons. The first-order chi connectivity index (χ1) is 15.1. The minimum absolute atomic E-state index is 0.0132. The molecule has 0 bridgehead atoms. The number of carbonyl (C=O) groups is 2. The number of fused-ring (bicyclic) bond motifs is 1. The van der Waals surface area contributed by atoms with E-state index in [9.17, 15) is 27.2 Å². The zero-order chi connectivity index (χ0) is 23.0. The van der Waals surface area contributed by atoms with Crippen molar-refractivity contribution in [3.05, 3.63) is 70.8 Å². The van der Waals surface area contributed by atoms with Crippen molar-refractivity contribution in [1.29, 1.82) is 0 Å². The van der Waals surface area contributed by atoms with Gasteiger partial charge in [-0.1, -0.05) is 12.1 Å². The van der Waals surface area contributed by atoms with Crippen LogP contribution in [0.5, 0.6) is 0 Å². The van der Waals surface area contributed by atoms with Gasteiger partial charge in [-0.15, -0.1) is 0 Å². The van der Waals surface area contributed by atoms with Gasteiger partial charge in [-0.2, -0.15) is 18.3 Å². The fraction of sp³-hybridized carbons (Fsp3) is 0.227. The topological polar surface area (TPSA) is 86.9 Å². The molecule has 6 nitrogen and oxygen atoms in total. The number of aromatic amines is 1. The zero-order valence-electron chi connectivity index (χ0n) is 16.8. The third-order valence-electron chi connectivity index (χ3n) is 5.41. The van der Waals surface area contributed by atoms with Crippen LogP contribution in [-0.2, 0) is 15.8 Å². The van der Waals surface area contributed by atoms with Crippen molar-refractivity contribution in [2.75, 3.05) is 5.32 Å². The number of nitrogens with zero attached hydrogens (tertiary/aromatic N) is 1. The van der Waals surface area contributed by atoms with Crippen molar-refractivity contribution in [2.45, 2.75) is 31.9 Å². The number of carbonyl (C=O) groups excluding carboxylic acids is 2. The molecule has 4 rings (SSSR count). The lowest BCUT2D eigenvalue weighted by molar-refractivity contribution is -0.137. The van der Waals surface area contributed by atoms with E-state index in [1.807, 2.05) is 0 Å². The predicted molar refractivity (Wildman–Crippen MR) is 109 cm³/mol. The molecule has 32 heavy (non-hydrogen) atoms. The Morgan fingerprint density at radius 2 is 1.94 bits per heavy atom. The number of alkyl halides is 3. The van der Waals surface area contributed by atoms with E-state index in [0.717, 1.165) is 12.1 Å². The zero-order valence-corrected chi connectivity index (χ0v) is 16.8. The van der Waals surface area contributed by atoms with Gasteiger partial charge in [-0.3, -0.25) is 14.7 Å². The van der Waals surface area contributed by atoms with Gasteiger partial charge in [0.15, 0.2) is 0 Å². The van der Waals surface area contributed by atoms with Crippen LogP contribution < -0.4 is 10.6 Å². The summed E-state index contributed by atoms with van der Waals surface area (Å²) in [6, 6.07) is 7.18. The number of amides is 2. The Morgan fingerprint density at radius 1 is 1.22 bits per heavy atom. The van der Waals surface area contributed by atoms with Crippen molar-refractivity contribution in [2.24, 2.45) is 0 Å². The molecule has 10 heteroatoms. The summed E-state index contributed by atoms with van der Waals surface area (Å²) in [6.45, 7) is 1.62. The molecule has 0 fully saturated rings. The van der Waals surface area contributed by atoms with E-state index < -0.39 is 29.4 Å². The average Bonchev–Trinajstić information content (AvgIpc) is 3.16. The third kappa shape index (κ3) is 4.34. The molecule has 1 unspecified atom stereocenters. The number of hydrogen-bond donors (Lipinski definition) is 3. The molecular formula is C22H18F4N4O2. The lowest BCUT2D eigenvalue weighted by Gasteiger charge is -2.28. The lowest BCUT2D eigenvalue weighted by Crippen LogP contribution is -2.32. The van der Waals surface area contributed by atoms with Gasteiger partial charge in [0.25, 0.3) is 0 Å². The number of H-pyrrole nitrogens is 1. The molecule has 2 amide bonds. The number of allylic oxidation sites excluding steroid dienone is 1. The smallest absolute Gasteiger partial charge is 0.330 e. The molecule has 0 saturated carbocycles. The number of benzene rings is 2.